The van der Waals surface area contributed by atoms with Crippen LogP contribution in [0.3, 0.4) is 0 Å². The molecule has 0 N–H and O–H groups in total. The van der Waals surface area contributed by atoms with Crippen LogP contribution in [0.4, 0.5) is 0 Å². The zero-order valence-corrected chi connectivity index (χ0v) is 26.5. The molecule has 5 aromatic carbocycles. The summed E-state index contributed by atoms with van der Waals surface area (Å²) in [5.41, 5.74) is 12.3. The zero-order valence-electron chi connectivity index (χ0n) is 26.5. The second-order valence-corrected chi connectivity index (χ2v) is 12.9. The number of benzene rings is 5. The molecular weight excluding hydrogens is 534 g/mol. The molecule has 0 fully saturated rings. The summed E-state index contributed by atoms with van der Waals surface area (Å²) in [4.78, 5) is 4.91. The zero-order chi connectivity index (χ0) is 30.6. The molecule has 0 saturated heterocycles. The first-order valence-corrected chi connectivity index (χ1v) is 15.6. The SMILES string of the molecule is Cc1cc(-c2ccc3c(c2)c2ccccc2n3-c2ccccc2)cc(C)c1-n1ccnc1-c1ccccc1C(C)(C)C(C)C. The first-order chi connectivity index (χ1) is 21.3. The highest BCUT2D eigenvalue weighted by Crippen LogP contribution is 2.40. The molecule has 3 nitrogen and oxygen atoms in total. The Bertz CT molecular complexity index is 2120. The van der Waals surface area contributed by atoms with Gasteiger partial charge in [-0.15, -0.1) is 0 Å². The van der Waals surface area contributed by atoms with Gasteiger partial charge in [0, 0.05) is 34.4 Å². The summed E-state index contributed by atoms with van der Waals surface area (Å²) in [5, 5.41) is 2.53. The van der Waals surface area contributed by atoms with Crippen molar-refractivity contribution in [1.29, 1.82) is 0 Å². The molecular formula is C41H39N3. The number of hydrogen-bond donors (Lipinski definition) is 0. The Morgan fingerprint density at radius 2 is 1.32 bits per heavy atom. The fourth-order valence-corrected chi connectivity index (χ4v) is 6.74. The topological polar surface area (TPSA) is 22.8 Å². The lowest BCUT2D eigenvalue weighted by atomic mass is 9.73. The van der Waals surface area contributed by atoms with Crippen molar-refractivity contribution < 1.29 is 0 Å². The third-order valence-electron chi connectivity index (χ3n) is 9.70. The molecule has 0 unspecified atom stereocenters. The molecule has 0 radical (unpaired) electrons. The van der Waals surface area contributed by atoms with E-state index in [0.29, 0.717) is 5.92 Å². The van der Waals surface area contributed by atoms with Gasteiger partial charge < -0.3 is 4.57 Å². The molecule has 0 spiro atoms. The third-order valence-corrected chi connectivity index (χ3v) is 9.70. The molecule has 7 aromatic rings. The molecule has 7 rings (SSSR count). The highest BCUT2D eigenvalue weighted by atomic mass is 15.1. The van der Waals surface area contributed by atoms with E-state index in [1.54, 1.807) is 0 Å². The van der Waals surface area contributed by atoms with Crippen molar-refractivity contribution in [3.63, 3.8) is 0 Å². The fraction of sp³-hybridized carbons (Fsp3) is 0.195. The minimum absolute atomic E-state index is 0.0175. The van der Waals surface area contributed by atoms with E-state index in [1.165, 1.54) is 66.6 Å². The molecule has 3 heteroatoms. The Morgan fingerprint density at radius 3 is 2.07 bits per heavy atom. The van der Waals surface area contributed by atoms with E-state index in [-0.39, 0.29) is 5.41 Å². The average molecular weight is 574 g/mol. The van der Waals surface area contributed by atoms with Gasteiger partial charge in [0.05, 0.1) is 16.7 Å². The number of hydrogen-bond acceptors (Lipinski definition) is 1. The van der Waals surface area contributed by atoms with E-state index < -0.39 is 0 Å². The van der Waals surface area contributed by atoms with Crippen molar-refractivity contribution in [2.75, 3.05) is 0 Å². The standard InChI is InChI=1S/C41H39N3/c1-27(2)41(5,6)36-18-12-10-17-34(36)40-42-22-23-43(40)39-28(3)24-31(25-29(39)4)30-20-21-38-35(26-30)33-16-11-13-19-37(33)44(38)32-14-8-7-9-15-32/h7-27H,1-6H3. The van der Waals surface area contributed by atoms with E-state index in [1.807, 2.05) is 6.20 Å². The first kappa shape index (κ1) is 27.9. The van der Waals surface area contributed by atoms with E-state index in [9.17, 15) is 0 Å². The summed E-state index contributed by atoms with van der Waals surface area (Å²) in [6, 6.07) is 39.7. The van der Waals surface area contributed by atoms with Gasteiger partial charge in [-0.25, -0.2) is 4.98 Å². The van der Waals surface area contributed by atoms with Crippen LogP contribution in [0.1, 0.15) is 44.4 Å². The molecule has 0 amide bonds. The molecule has 2 aromatic heterocycles. The summed E-state index contributed by atoms with van der Waals surface area (Å²) in [5.74, 6) is 1.48. The van der Waals surface area contributed by atoms with Crippen LogP contribution in [0, 0.1) is 19.8 Å². The van der Waals surface area contributed by atoms with Crippen LogP contribution in [0.2, 0.25) is 0 Å². The largest absolute Gasteiger partial charge is 0.309 e. The van der Waals surface area contributed by atoms with Crippen LogP contribution >= 0.6 is 0 Å². The van der Waals surface area contributed by atoms with Crippen molar-refractivity contribution in [2.45, 2.75) is 47.0 Å². The maximum Gasteiger partial charge on any atom is 0.144 e. The van der Waals surface area contributed by atoms with Crippen molar-refractivity contribution in [3.8, 4) is 33.9 Å². The van der Waals surface area contributed by atoms with Crippen molar-refractivity contribution >= 4 is 21.8 Å². The van der Waals surface area contributed by atoms with Gasteiger partial charge in [0.25, 0.3) is 0 Å². The monoisotopic (exact) mass is 573 g/mol. The van der Waals surface area contributed by atoms with Crippen LogP contribution in [-0.2, 0) is 5.41 Å². The predicted octanol–water partition coefficient (Wildman–Crippen LogP) is 10.9. The highest BCUT2D eigenvalue weighted by Gasteiger charge is 2.29. The number of aromatic nitrogens is 3. The number of aryl methyl sites for hydroxylation is 2. The van der Waals surface area contributed by atoms with Gasteiger partial charge in [-0.2, -0.15) is 0 Å². The minimum atomic E-state index is 0.0175. The molecule has 218 valence electrons. The molecule has 0 aliphatic rings. The quantitative estimate of drug-likeness (QED) is 0.194. The van der Waals surface area contributed by atoms with E-state index in [2.05, 4.69) is 166 Å². The summed E-state index contributed by atoms with van der Waals surface area (Å²) >= 11 is 0. The van der Waals surface area contributed by atoms with Crippen molar-refractivity contribution in [3.05, 3.63) is 138 Å². The molecule has 0 aliphatic carbocycles. The molecule has 2 heterocycles. The van der Waals surface area contributed by atoms with Crippen LogP contribution in [0.5, 0.6) is 0 Å². The van der Waals surface area contributed by atoms with Gasteiger partial charge in [0.1, 0.15) is 5.82 Å². The van der Waals surface area contributed by atoms with Crippen LogP contribution in [0.25, 0.3) is 55.7 Å². The Hall–Kier alpha value is -4.89. The smallest absolute Gasteiger partial charge is 0.144 e. The second-order valence-electron chi connectivity index (χ2n) is 12.9. The van der Waals surface area contributed by atoms with Gasteiger partial charge in [-0.3, -0.25) is 4.57 Å². The summed E-state index contributed by atoms with van der Waals surface area (Å²) in [7, 11) is 0. The molecule has 0 bridgehead atoms. The lowest BCUT2D eigenvalue weighted by Crippen LogP contribution is -2.25. The van der Waals surface area contributed by atoms with E-state index in [0.717, 1.165) is 5.82 Å². The highest BCUT2D eigenvalue weighted by molar-refractivity contribution is 6.10. The number of fused-ring (bicyclic) bond motifs is 3. The summed E-state index contributed by atoms with van der Waals surface area (Å²) in [6.07, 6.45) is 4.03. The Balaban J connectivity index is 1.34. The summed E-state index contributed by atoms with van der Waals surface area (Å²) in [6.45, 7) is 13.7. The molecule has 0 saturated carbocycles. The van der Waals surface area contributed by atoms with Crippen molar-refractivity contribution in [1.82, 2.24) is 14.1 Å². The maximum absolute atomic E-state index is 4.91. The van der Waals surface area contributed by atoms with Gasteiger partial charge in [0.15, 0.2) is 0 Å². The minimum Gasteiger partial charge on any atom is -0.309 e. The van der Waals surface area contributed by atoms with E-state index in [4.69, 9.17) is 4.98 Å². The molecule has 44 heavy (non-hydrogen) atoms. The lowest BCUT2D eigenvalue weighted by Gasteiger charge is -2.32. The Morgan fingerprint density at radius 1 is 0.659 bits per heavy atom. The third kappa shape index (κ3) is 4.46. The van der Waals surface area contributed by atoms with Crippen molar-refractivity contribution in [2.24, 2.45) is 5.92 Å². The van der Waals surface area contributed by atoms with E-state index >= 15 is 0 Å². The lowest BCUT2D eigenvalue weighted by molar-refractivity contribution is 0.373. The van der Waals surface area contributed by atoms with Crippen LogP contribution < -0.4 is 0 Å². The second kappa shape index (κ2) is 10.7. The fourth-order valence-electron chi connectivity index (χ4n) is 6.74. The average Bonchev–Trinajstić information content (AvgIpc) is 3.64. The molecule has 0 aliphatic heterocycles. The van der Waals surface area contributed by atoms with Gasteiger partial charge in [0.2, 0.25) is 0 Å². The number of nitrogens with zero attached hydrogens (tertiary/aromatic N) is 3. The number of imidazole rings is 1. The van der Waals surface area contributed by atoms with Gasteiger partial charge in [-0.05, 0) is 95.5 Å². The van der Waals surface area contributed by atoms with Gasteiger partial charge >= 0.3 is 0 Å². The predicted molar refractivity (Wildman–Crippen MR) is 186 cm³/mol. The first-order valence-electron chi connectivity index (χ1n) is 15.6. The van der Waals surface area contributed by atoms with Gasteiger partial charge in [-0.1, -0.05) is 94.4 Å². The van der Waals surface area contributed by atoms with Crippen LogP contribution in [0.15, 0.2) is 122 Å². The maximum atomic E-state index is 4.91. The number of para-hydroxylation sites is 2. The normalized spacial score (nSPS) is 12.1. The summed E-state index contributed by atoms with van der Waals surface area (Å²) < 4.78 is 4.65. The van der Waals surface area contributed by atoms with Crippen LogP contribution in [-0.4, -0.2) is 14.1 Å². The Labute approximate surface area is 260 Å². The number of rotatable bonds is 6. The Kier molecular flexibility index (Phi) is 6.77. The molecule has 0 atom stereocenters.